The molecule has 0 N–H and O–H groups in total. The van der Waals surface area contributed by atoms with Crippen LogP contribution in [0.25, 0.3) is 0 Å². The van der Waals surface area contributed by atoms with E-state index in [4.69, 9.17) is 9.26 Å². The highest BCUT2D eigenvalue weighted by molar-refractivity contribution is 5.71. The summed E-state index contributed by atoms with van der Waals surface area (Å²) in [5.74, 6) is 0.606. The van der Waals surface area contributed by atoms with E-state index in [0.717, 1.165) is 12.8 Å². The lowest BCUT2D eigenvalue weighted by molar-refractivity contribution is -0.149. The summed E-state index contributed by atoms with van der Waals surface area (Å²) in [6.45, 7) is 5.67. The van der Waals surface area contributed by atoms with Crippen LogP contribution >= 0.6 is 0 Å². The minimum atomic E-state index is -0.209. The minimum absolute atomic E-state index is 0.0667. The average molecular weight is 212 g/mol. The maximum absolute atomic E-state index is 11.4. The minimum Gasteiger partial charge on any atom is -0.457 e. The van der Waals surface area contributed by atoms with E-state index in [1.807, 2.05) is 13.8 Å². The Bertz CT molecular complexity index is 322. The fraction of sp³-hybridized carbons (Fsp3) is 0.700. The molecule has 1 aromatic rings. The third-order valence-electron chi connectivity index (χ3n) is 2.04. The Morgan fingerprint density at radius 3 is 2.87 bits per heavy atom. The summed E-state index contributed by atoms with van der Waals surface area (Å²) >= 11 is 0. The normalized spacial score (nSPS) is 12.5. The third kappa shape index (κ3) is 3.69. The first-order valence-electron chi connectivity index (χ1n) is 5.09. The molecule has 1 atom stereocenters. The largest absolute Gasteiger partial charge is 0.457 e. The SMILES string of the molecule is CCCC(C)C(=O)OCc1noc(C)n1. The van der Waals surface area contributed by atoms with Crippen molar-refractivity contribution in [2.24, 2.45) is 5.92 Å². The van der Waals surface area contributed by atoms with E-state index < -0.39 is 0 Å². The van der Waals surface area contributed by atoms with E-state index in [0.29, 0.717) is 11.7 Å². The van der Waals surface area contributed by atoms with Crippen LogP contribution < -0.4 is 0 Å². The second-order valence-electron chi connectivity index (χ2n) is 3.53. The van der Waals surface area contributed by atoms with Gasteiger partial charge in [-0.2, -0.15) is 4.98 Å². The molecule has 0 radical (unpaired) electrons. The maximum Gasteiger partial charge on any atom is 0.309 e. The number of carbonyl (C=O) groups excluding carboxylic acids is 1. The quantitative estimate of drug-likeness (QED) is 0.697. The lowest BCUT2D eigenvalue weighted by Crippen LogP contribution is -2.14. The van der Waals surface area contributed by atoms with Crippen LogP contribution in [0.3, 0.4) is 0 Å². The zero-order valence-electron chi connectivity index (χ0n) is 9.32. The second-order valence-corrected chi connectivity index (χ2v) is 3.53. The monoisotopic (exact) mass is 212 g/mol. The van der Waals surface area contributed by atoms with Gasteiger partial charge in [-0.25, -0.2) is 0 Å². The molecule has 0 saturated carbocycles. The fourth-order valence-electron chi connectivity index (χ4n) is 1.23. The molecule has 5 heteroatoms. The van der Waals surface area contributed by atoms with E-state index >= 15 is 0 Å². The summed E-state index contributed by atoms with van der Waals surface area (Å²) in [6, 6.07) is 0. The molecule has 0 fully saturated rings. The molecule has 1 rings (SSSR count). The van der Waals surface area contributed by atoms with Gasteiger partial charge >= 0.3 is 5.97 Å². The Morgan fingerprint density at radius 1 is 1.60 bits per heavy atom. The smallest absolute Gasteiger partial charge is 0.309 e. The number of aromatic nitrogens is 2. The highest BCUT2D eigenvalue weighted by Gasteiger charge is 2.14. The Labute approximate surface area is 88.8 Å². The number of rotatable bonds is 5. The van der Waals surface area contributed by atoms with Gasteiger partial charge in [-0.15, -0.1) is 0 Å². The van der Waals surface area contributed by atoms with Crippen molar-refractivity contribution in [2.45, 2.75) is 40.2 Å². The van der Waals surface area contributed by atoms with Gasteiger partial charge in [0, 0.05) is 6.92 Å². The van der Waals surface area contributed by atoms with Crippen LogP contribution in [0.4, 0.5) is 0 Å². The van der Waals surface area contributed by atoms with Crippen molar-refractivity contribution in [3.8, 4) is 0 Å². The zero-order chi connectivity index (χ0) is 11.3. The topological polar surface area (TPSA) is 65.2 Å². The number of ether oxygens (including phenoxy) is 1. The number of hydrogen-bond donors (Lipinski definition) is 0. The Kier molecular flexibility index (Phi) is 4.27. The average Bonchev–Trinajstić information content (AvgIpc) is 2.61. The number of esters is 1. The molecular formula is C10H16N2O3. The van der Waals surface area contributed by atoms with Crippen LogP contribution in [0.1, 0.15) is 38.4 Å². The molecule has 0 aliphatic carbocycles. The molecule has 1 aromatic heterocycles. The van der Waals surface area contributed by atoms with Gasteiger partial charge in [0.1, 0.15) is 0 Å². The van der Waals surface area contributed by atoms with Crippen LogP contribution in [-0.2, 0) is 16.1 Å². The first kappa shape index (κ1) is 11.7. The van der Waals surface area contributed by atoms with Crippen molar-refractivity contribution in [3.05, 3.63) is 11.7 Å². The molecule has 0 spiro atoms. The van der Waals surface area contributed by atoms with E-state index in [1.54, 1.807) is 6.92 Å². The van der Waals surface area contributed by atoms with Crippen molar-refractivity contribution < 1.29 is 14.1 Å². The lowest BCUT2D eigenvalue weighted by Gasteiger charge is -2.08. The summed E-state index contributed by atoms with van der Waals surface area (Å²) < 4.78 is 9.78. The van der Waals surface area contributed by atoms with E-state index in [2.05, 4.69) is 10.1 Å². The number of hydrogen-bond acceptors (Lipinski definition) is 5. The predicted octanol–water partition coefficient (Wildman–Crippen LogP) is 1.86. The van der Waals surface area contributed by atoms with Gasteiger partial charge in [0.25, 0.3) is 0 Å². The first-order chi connectivity index (χ1) is 7.13. The van der Waals surface area contributed by atoms with Crippen LogP contribution in [0.2, 0.25) is 0 Å². The Hall–Kier alpha value is -1.39. The summed E-state index contributed by atoms with van der Waals surface area (Å²) in [7, 11) is 0. The van der Waals surface area contributed by atoms with Crippen molar-refractivity contribution in [1.82, 2.24) is 10.1 Å². The van der Waals surface area contributed by atoms with Gasteiger partial charge in [0.2, 0.25) is 11.7 Å². The molecule has 0 aliphatic heterocycles. The molecule has 0 bridgehead atoms. The third-order valence-corrected chi connectivity index (χ3v) is 2.04. The van der Waals surface area contributed by atoms with Gasteiger partial charge in [-0.1, -0.05) is 25.4 Å². The Morgan fingerprint density at radius 2 is 2.33 bits per heavy atom. The van der Waals surface area contributed by atoms with E-state index in [9.17, 15) is 4.79 Å². The van der Waals surface area contributed by atoms with Gasteiger partial charge in [0.15, 0.2) is 6.61 Å². The molecule has 5 nitrogen and oxygen atoms in total. The van der Waals surface area contributed by atoms with Crippen molar-refractivity contribution in [3.63, 3.8) is 0 Å². The lowest BCUT2D eigenvalue weighted by atomic mass is 10.1. The maximum atomic E-state index is 11.4. The molecule has 1 unspecified atom stereocenters. The summed E-state index contributed by atoms with van der Waals surface area (Å²) in [6.07, 6.45) is 1.81. The fourth-order valence-corrected chi connectivity index (χ4v) is 1.23. The molecule has 0 aromatic carbocycles. The van der Waals surface area contributed by atoms with Crippen molar-refractivity contribution in [1.29, 1.82) is 0 Å². The van der Waals surface area contributed by atoms with Gasteiger partial charge < -0.3 is 9.26 Å². The van der Waals surface area contributed by atoms with Crippen LogP contribution in [0.15, 0.2) is 4.52 Å². The summed E-state index contributed by atoms with van der Waals surface area (Å²) in [5, 5.41) is 3.63. The predicted molar refractivity (Wildman–Crippen MR) is 52.9 cm³/mol. The number of carbonyl (C=O) groups is 1. The van der Waals surface area contributed by atoms with Gasteiger partial charge in [0.05, 0.1) is 5.92 Å². The number of nitrogens with zero attached hydrogens (tertiary/aromatic N) is 2. The Balaban J connectivity index is 2.34. The molecule has 1 heterocycles. The molecule has 15 heavy (non-hydrogen) atoms. The van der Waals surface area contributed by atoms with Crippen molar-refractivity contribution in [2.75, 3.05) is 0 Å². The van der Waals surface area contributed by atoms with E-state index in [1.165, 1.54) is 0 Å². The standard InChI is InChI=1S/C10H16N2O3/c1-4-5-7(2)10(13)14-6-9-11-8(3)15-12-9/h7H,4-6H2,1-3H3. The van der Waals surface area contributed by atoms with Crippen LogP contribution in [0.5, 0.6) is 0 Å². The number of aryl methyl sites for hydroxylation is 1. The molecule has 84 valence electrons. The summed E-state index contributed by atoms with van der Waals surface area (Å²) in [4.78, 5) is 15.3. The molecule has 0 amide bonds. The molecule has 0 aliphatic rings. The summed E-state index contributed by atoms with van der Waals surface area (Å²) in [5.41, 5.74) is 0. The van der Waals surface area contributed by atoms with Crippen LogP contribution in [-0.4, -0.2) is 16.1 Å². The first-order valence-corrected chi connectivity index (χ1v) is 5.09. The van der Waals surface area contributed by atoms with Crippen molar-refractivity contribution >= 4 is 5.97 Å². The van der Waals surface area contributed by atoms with E-state index in [-0.39, 0.29) is 18.5 Å². The highest BCUT2D eigenvalue weighted by Crippen LogP contribution is 2.08. The van der Waals surface area contributed by atoms with Crippen LogP contribution in [0, 0.1) is 12.8 Å². The van der Waals surface area contributed by atoms with Gasteiger partial charge in [-0.05, 0) is 6.42 Å². The molecular weight excluding hydrogens is 196 g/mol. The highest BCUT2D eigenvalue weighted by atomic mass is 16.5. The molecule has 0 saturated heterocycles. The second kappa shape index (κ2) is 5.48. The van der Waals surface area contributed by atoms with Gasteiger partial charge in [-0.3, -0.25) is 4.79 Å². The zero-order valence-corrected chi connectivity index (χ0v) is 9.32.